The van der Waals surface area contributed by atoms with Crippen molar-refractivity contribution in [3.63, 3.8) is 0 Å². The van der Waals surface area contributed by atoms with Gasteiger partial charge in [-0.05, 0) is 6.07 Å². The molecule has 0 fully saturated rings. The van der Waals surface area contributed by atoms with Crippen LogP contribution in [0.2, 0.25) is 0 Å². The summed E-state index contributed by atoms with van der Waals surface area (Å²) in [6, 6.07) is 2.77. The minimum atomic E-state index is -1.41. The molecule has 6 heteroatoms. The van der Waals surface area contributed by atoms with Crippen LogP contribution in [0.3, 0.4) is 0 Å². The molecule has 0 saturated heterocycles. The first kappa shape index (κ1) is 10.6. The van der Waals surface area contributed by atoms with Gasteiger partial charge in [-0.3, -0.25) is 0 Å². The zero-order valence-corrected chi connectivity index (χ0v) is 6.31. The van der Waals surface area contributed by atoms with Gasteiger partial charge in [-0.25, -0.2) is 9.97 Å². The van der Waals surface area contributed by atoms with Crippen LogP contribution in [0.4, 0.5) is 0 Å². The molecule has 0 amide bonds. The molecule has 0 aliphatic heterocycles. The summed E-state index contributed by atoms with van der Waals surface area (Å²) in [4.78, 5) is 17.0. The van der Waals surface area contributed by atoms with Gasteiger partial charge in [0.15, 0.2) is 0 Å². The SMILES string of the molecule is N#Cc1nccc(C(=O)[O-])n1.[Li+]. The fourth-order valence-electron chi connectivity index (χ4n) is 0.526. The Labute approximate surface area is 80.2 Å². The van der Waals surface area contributed by atoms with Crippen molar-refractivity contribution in [1.82, 2.24) is 9.97 Å². The number of nitriles is 1. The first-order chi connectivity index (χ1) is 5.24. The van der Waals surface area contributed by atoms with E-state index in [-0.39, 0.29) is 30.4 Å². The van der Waals surface area contributed by atoms with Crippen LogP contribution in [-0.2, 0) is 0 Å². The molecule has 0 radical (unpaired) electrons. The Morgan fingerprint density at radius 2 is 2.33 bits per heavy atom. The molecule has 0 unspecified atom stereocenters. The van der Waals surface area contributed by atoms with E-state index in [0.717, 1.165) is 6.07 Å². The van der Waals surface area contributed by atoms with Crippen LogP contribution in [0.25, 0.3) is 0 Å². The van der Waals surface area contributed by atoms with E-state index in [4.69, 9.17) is 5.26 Å². The Kier molecular flexibility index (Phi) is 3.99. The summed E-state index contributed by atoms with van der Waals surface area (Å²) < 4.78 is 0. The van der Waals surface area contributed by atoms with E-state index in [2.05, 4.69) is 9.97 Å². The van der Waals surface area contributed by atoms with Gasteiger partial charge in [-0.1, -0.05) is 0 Å². The molecule has 0 bridgehead atoms. The van der Waals surface area contributed by atoms with Gasteiger partial charge in [0.25, 0.3) is 0 Å². The number of carboxylic acids is 1. The fraction of sp³-hybridized carbons (Fsp3) is 0. The standard InChI is InChI=1S/C6H3N3O2.Li/c7-3-5-8-2-1-4(9-5)6(10)11;/h1-2H,(H,10,11);/q;+1/p-1. The van der Waals surface area contributed by atoms with Crippen molar-refractivity contribution >= 4 is 5.97 Å². The normalized spacial score (nSPS) is 7.92. The third-order valence-electron chi connectivity index (χ3n) is 0.965. The molecule has 0 spiro atoms. The van der Waals surface area contributed by atoms with E-state index >= 15 is 0 Å². The zero-order valence-electron chi connectivity index (χ0n) is 6.31. The third kappa shape index (κ3) is 2.35. The molecule has 1 aromatic heterocycles. The molecule has 0 N–H and O–H groups in total. The molecular weight excluding hydrogens is 153 g/mol. The van der Waals surface area contributed by atoms with Gasteiger partial charge < -0.3 is 9.90 Å². The Morgan fingerprint density at radius 1 is 1.67 bits per heavy atom. The second kappa shape index (κ2) is 4.50. The zero-order chi connectivity index (χ0) is 8.27. The monoisotopic (exact) mass is 155 g/mol. The maximum absolute atomic E-state index is 10.2. The summed E-state index contributed by atoms with van der Waals surface area (Å²) in [6.45, 7) is 0. The number of carbonyl (C=O) groups is 1. The third-order valence-corrected chi connectivity index (χ3v) is 0.965. The second-order valence-corrected chi connectivity index (χ2v) is 1.66. The molecule has 0 aliphatic carbocycles. The molecule has 0 aromatic carbocycles. The Bertz CT molecular complexity index is 334. The van der Waals surface area contributed by atoms with Crippen molar-refractivity contribution in [2.45, 2.75) is 0 Å². The quantitative estimate of drug-likeness (QED) is 0.383. The molecule has 0 atom stereocenters. The Hall–Kier alpha value is -1.36. The number of aromatic carboxylic acids is 1. The van der Waals surface area contributed by atoms with Crippen LogP contribution in [0.1, 0.15) is 16.3 Å². The molecular formula is C6H2LiN3O2. The van der Waals surface area contributed by atoms with Crippen LogP contribution < -0.4 is 24.0 Å². The molecule has 1 heterocycles. The van der Waals surface area contributed by atoms with Crippen molar-refractivity contribution in [2.24, 2.45) is 0 Å². The topological polar surface area (TPSA) is 89.7 Å². The summed E-state index contributed by atoms with van der Waals surface area (Å²) in [5, 5.41) is 18.4. The summed E-state index contributed by atoms with van der Waals surface area (Å²) in [6.07, 6.45) is 1.19. The number of hydrogen-bond acceptors (Lipinski definition) is 5. The van der Waals surface area contributed by atoms with Crippen LogP contribution in [0.15, 0.2) is 12.3 Å². The summed E-state index contributed by atoms with van der Waals surface area (Å²) in [7, 11) is 0. The first-order valence-corrected chi connectivity index (χ1v) is 2.68. The molecule has 1 rings (SSSR count). The number of carboxylic acid groups (broad SMARTS) is 1. The van der Waals surface area contributed by atoms with Crippen molar-refractivity contribution in [2.75, 3.05) is 0 Å². The number of aromatic nitrogens is 2. The molecule has 5 nitrogen and oxygen atoms in total. The Balaban J connectivity index is 0.00000121. The average molecular weight is 155 g/mol. The van der Waals surface area contributed by atoms with E-state index in [0.29, 0.717) is 0 Å². The van der Waals surface area contributed by atoms with Gasteiger partial charge in [0, 0.05) is 6.20 Å². The van der Waals surface area contributed by atoms with E-state index in [1.807, 2.05) is 0 Å². The van der Waals surface area contributed by atoms with Crippen molar-refractivity contribution in [1.29, 1.82) is 5.26 Å². The van der Waals surface area contributed by atoms with Crippen LogP contribution >= 0.6 is 0 Å². The van der Waals surface area contributed by atoms with Crippen LogP contribution in [-0.4, -0.2) is 15.9 Å². The van der Waals surface area contributed by atoms with Gasteiger partial charge in [0.05, 0.1) is 11.7 Å². The number of nitrogens with zero attached hydrogens (tertiary/aromatic N) is 3. The second-order valence-electron chi connectivity index (χ2n) is 1.66. The Morgan fingerprint density at radius 3 is 2.83 bits per heavy atom. The van der Waals surface area contributed by atoms with Crippen molar-refractivity contribution in [3.05, 3.63) is 23.8 Å². The van der Waals surface area contributed by atoms with Crippen molar-refractivity contribution < 1.29 is 28.8 Å². The summed E-state index contributed by atoms with van der Waals surface area (Å²) in [5.41, 5.74) is -0.281. The van der Waals surface area contributed by atoms with Gasteiger partial charge in [0.1, 0.15) is 6.07 Å². The fourth-order valence-corrected chi connectivity index (χ4v) is 0.526. The minimum absolute atomic E-state index is 0. The van der Waals surface area contributed by atoms with E-state index in [1.54, 1.807) is 6.07 Å². The van der Waals surface area contributed by atoms with Gasteiger partial charge in [-0.15, -0.1) is 0 Å². The summed E-state index contributed by atoms with van der Waals surface area (Å²) in [5.74, 6) is -1.59. The predicted molar refractivity (Wildman–Crippen MR) is 31.1 cm³/mol. The molecule has 1 aromatic rings. The molecule has 0 saturated carbocycles. The number of carbonyl (C=O) groups excluding carboxylic acids is 1. The minimum Gasteiger partial charge on any atom is -0.543 e. The van der Waals surface area contributed by atoms with Crippen LogP contribution in [0, 0.1) is 11.3 Å². The number of hydrogen-bond donors (Lipinski definition) is 0. The molecule has 12 heavy (non-hydrogen) atoms. The van der Waals surface area contributed by atoms with E-state index < -0.39 is 5.97 Å². The van der Waals surface area contributed by atoms with Gasteiger partial charge in [-0.2, -0.15) is 5.26 Å². The average Bonchev–Trinajstić information content (AvgIpc) is 2.05. The first-order valence-electron chi connectivity index (χ1n) is 2.68. The number of rotatable bonds is 1. The predicted octanol–water partition coefficient (Wildman–Crippen LogP) is -4.28. The smallest absolute Gasteiger partial charge is 0.543 e. The molecule has 0 aliphatic rings. The largest absolute Gasteiger partial charge is 1.00 e. The maximum atomic E-state index is 10.2. The molecule has 54 valence electrons. The maximum Gasteiger partial charge on any atom is 1.00 e. The van der Waals surface area contributed by atoms with Gasteiger partial charge in [0.2, 0.25) is 5.82 Å². The van der Waals surface area contributed by atoms with Gasteiger partial charge >= 0.3 is 18.9 Å². The van der Waals surface area contributed by atoms with Crippen molar-refractivity contribution in [3.8, 4) is 6.07 Å². The van der Waals surface area contributed by atoms with E-state index in [1.165, 1.54) is 6.20 Å². The van der Waals surface area contributed by atoms with Crippen LogP contribution in [0.5, 0.6) is 0 Å². The van der Waals surface area contributed by atoms with E-state index in [9.17, 15) is 9.90 Å². The summed E-state index contributed by atoms with van der Waals surface area (Å²) >= 11 is 0.